The van der Waals surface area contributed by atoms with E-state index >= 15 is 0 Å². The third kappa shape index (κ3) is 5.29. The second kappa shape index (κ2) is 9.95. The van der Waals surface area contributed by atoms with Gasteiger partial charge in [-0.15, -0.1) is 0 Å². The van der Waals surface area contributed by atoms with Crippen molar-refractivity contribution in [2.75, 3.05) is 4.90 Å². The SMILES string of the molecule is Cc1cc(C)cc(N2C(=O)NC(=O)C(=Cc3ccc(OCc4ccc(Br)cc4)c(Br)c3)C2=O)c1. The number of imide groups is 2. The fourth-order valence-electron chi connectivity index (χ4n) is 3.60. The fraction of sp³-hybridized carbons (Fsp3) is 0.115. The Morgan fingerprint density at radius 2 is 1.59 bits per heavy atom. The van der Waals surface area contributed by atoms with Gasteiger partial charge in [-0.05, 0) is 94.5 Å². The summed E-state index contributed by atoms with van der Waals surface area (Å²) in [4.78, 5) is 39.1. The van der Waals surface area contributed by atoms with Crippen LogP contribution in [0.3, 0.4) is 0 Å². The standard InChI is InChI=1S/C26H20Br2N2O4/c1-15-9-16(2)11-20(10-15)30-25(32)21(24(31)29-26(30)33)12-18-5-8-23(22(28)13-18)34-14-17-3-6-19(27)7-4-17/h3-13H,14H2,1-2H3,(H,29,31,33). The molecule has 6 nitrogen and oxygen atoms in total. The first-order valence-corrected chi connectivity index (χ1v) is 12.0. The van der Waals surface area contributed by atoms with Gasteiger partial charge in [-0.25, -0.2) is 9.69 Å². The van der Waals surface area contributed by atoms with E-state index in [4.69, 9.17) is 4.74 Å². The van der Waals surface area contributed by atoms with Gasteiger partial charge in [0.25, 0.3) is 11.8 Å². The zero-order valence-corrected chi connectivity index (χ0v) is 21.6. The molecule has 4 rings (SSSR count). The van der Waals surface area contributed by atoms with Gasteiger partial charge in [0.05, 0.1) is 10.2 Å². The summed E-state index contributed by atoms with van der Waals surface area (Å²) < 4.78 is 7.54. The van der Waals surface area contributed by atoms with Crippen LogP contribution in [0, 0.1) is 13.8 Å². The van der Waals surface area contributed by atoms with Crippen molar-refractivity contribution >= 4 is 61.5 Å². The summed E-state index contributed by atoms with van der Waals surface area (Å²) in [5, 5.41) is 2.26. The molecule has 0 bridgehead atoms. The van der Waals surface area contributed by atoms with Crippen molar-refractivity contribution in [1.82, 2.24) is 5.32 Å². The molecule has 1 aliphatic rings. The highest BCUT2D eigenvalue weighted by molar-refractivity contribution is 9.10. The van der Waals surface area contributed by atoms with Gasteiger partial charge in [-0.2, -0.15) is 0 Å². The van der Waals surface area contributed by atoms with Gasteiger partial charge in [0.1, 0.15) is 17.9 Å². The molecule has 0 unspecified atom stereocenters. The summed E-state index contributed by atoms with van der Waals surface area (Å²) in [6.07, 6.45) is 1.46. The second-order valence-electron chi connectivity index (χ2n) is 7.91. The Morgan fingerprint density at radius 1 is 0.912 bits per heavy atom. The first-order chi connectivity index (χ1) is 16.2. The van der Waals surface area contributed by atoms with Crippen LogP contribution in [0.25, 0.3) is 6.08 Å². The summed E-state index contributed by atoms with van der Waals surface area (Å²) >= 11 is 6.90. The summed E-state index contributed by atoms with van der Waals surface area (Å²) in [5.41, 5.74) is 3.71. The predicted octanol–water partition coefficient (Wildman–Crippen LogP) is 6.07. The Bertz CT molecular complexity index is 1310. The van der Waals surface area contributed by atoms with Crippen molar-refractivity contribution in [2.45, 2.75) is 20.5 Å². The molecule has 0 saturated carbocycles. The van der Waals surface area contributed by atoms with E-state index in [2.05, 4.69) is 37.2 Å². The van der Waals surface area contributed by atoms with Crippen molar-refractivity contribution in [3.8, 4) is 5.75 Å². The van der Waals surface area contributed by atoms with E-state index in [1.54, 1.807) is 30.3 Å². The van der Waals surface area contributed by atoms with Crippen molar-refractivity contribution in [3.63, 3.8) is 0 Å². The molecular formula is C26H20Br2N2O4. The molecule has 1 heterocycles. The Balaban J connectivity index is 1.57. The molecule has 8 heteroatoms. The zero-order valence-electron chi connectivity index (χ0n) is 18.4. The largest absolute Gasteiger partial charge is 0.488 e. The molecule has 1 fully saturated rings. The number of nitrogens with one attached hydrogen (secondary N) is 1. The van der Waals surface area contributed by atoms with E-state index in [-0.39, 0.29) is 5.57 Å². The average Bonchev–Trinajstić information content (AvgIpc) is 2.76. The quantitative estimate of drug-likeness (QED) is 0.292. The van der Waals surface area contributed by atoms with Crippen LogP contribution < -0.4 is 15.0 Å². The number of halogens is 2. The molecule has 0 radical (unpaired) electrons. The van der Waals surface area contributed by atoms with E-state index in [1.807, 2.05) is 44.2 Å². The number of barbiturate groups is 1. The number of amides is 4. The smallest absolute Gasteiger partial charge is 0.335 e. The average molecular weight is 584 g/mol. The minimum absolute atomic E-state index is 0.130. The summed E-state index contributed by atoms with van der Waals surface area (Å²) in [7, 11) is 0. The molecule has 1 aliphatic heterocycles. The van der Waals surface area contributed by atoms with Gasteiger partial charge in [-0.3, -0.25) is 14.9 Å². The molecule has 0 atom stereocenters. The van der Waals surface area contributed by atoms with Crippen LogP contribution in [-0.4, -0.2) is 17.8 Å². The Morgan fingerprint density at radius 3 is 2.24 bits per heavy atom. The Labute approximate surface area is 213 Å². The first kappa shape index (κ1) is 23.9. The molecule has 0 aliphatic carbocycles. The maximum absolute atomic E-state index is 13.1. The number of hydrogen-bond acceptors (Lipinski definition) is 4. The fourth-order valence-corrected chi connectivity index (χ4v) is 4.38. The van der Waals surface area contributed by atoms with Crippen LogP contribution >= 0.6 is 31.9 Å². The molecule has 0 spiro atoms. The lowest BCUT2D eigenvalue weighted by Crippen LogP contribution is -2.54. The number of urea groups is 1. The lowest BCUT2D eigenvalue weighted by molar-refractivity contribution is -0.122. The van der Waals surface area contributed by atoms with Crippen molar-refractivity contribution in [1.29, 1.82) is 0 Å². The van der Waals surface area contributed by atoms with Crippen molar-refractivity contribution in [3.05, 3.63) is 97.4 Å². The normalized spacial score (nSPS) is 15.0. The Hall–Kier alpha value is -3.23. The highest BCUT2D eigenvalue weighted by Gasteiger charge is 2.37. The molecule has 0 aromatic heterocycles. The number of hydrogen-bond donors (Lipinski definition) is 1. The maximum atomic E-state index is 13.1. The van der Waals surface area contributed by atoms with Crippen LogP contribution in [0.15, 0.2) is 75.2 Å². The highest BCUT2D eigenvalue weighted by Crippen LogP contribution is 2.29. The number of rotatable bonds is 5. The lowest BCUT2D eigenvalue weighted by Gasteiger charge is -2.27. The van der Waals surface area contributed by atoms with Gasteiger partial charge >= 0.3 is 6.03 Å². The number of benzene rings is 3. The number of carbonyl (C=O) groups is 3. The first-order valence-electron chi connectivity index (χ1n) is 10.4. The topological polar surface area (TPSA) is 75.7 Å². The van der Waals surface area contributed by atoms with Gasteiger partial charge in [0, 0.05) is 4.47 Å². The van der Waals surface area contributed by atoms with Crippen molar-refractivity contribution in [2.24, 2.45) is 0 Å². The maximum Gasteiger partial charge on any atom is 0.335 e. The summed E-state index contributed by atoms with van der Waals surface area (Å²) in [6.45, 7) is 4.14. The number of aryl methyl sites for hydroxylation is 2. The minimum Gasteiger partial charge on any atom is -0.488 e. The number of carbonyl (C=O) groups excluding carboxylic acids is 3. The van der Waals surface area contributed by atoms with Gasteiger partial charge < -0.3 is 4.74 Å². The summed E-state index contributed by atoms with van der Waals surface area (Å²) in [6, 6.07) is 17.7. The third-order valence-electron chi connectivity index (χ3n) is 5.14. The predicted molar refractivity (Wildman–Crippen MR) is 138 cm³/mol. The molecule has 1 N–H and O–H groups in total. The minimum atomic E-state index is -0.768. The molecule has 1 saturated heterocycles. The molecular weight excluding hydrogens is 564 g/mol. The van der Waals surface area contributed by atoms with E-state index in [0.29, 0.717) is 28.1 Å². The second-order valence-corrected chi connectivity index (χ2v) is 9.68. The summed E-state index contributed by atoms with van der Waals surface area (Å²) in [5.74, 6) is -0.788. The van der Waals surface area contributed by atoms with E-state index in [0.717, 1.165) is 26.1 Å². The molecule has 4 amide bonds. The molecule has 172 valence electrons. The third-order valence-corrected chi connectivity index (χ3v) is 6.29. The molecule has 3 aromatic rings. The van der Waals surface area contributed by atoms with Crippen LogP contribution in [-0.2, 0) is 16.2 Å². The van der Waals surface area contributed by atoms with Crippen molar-refractivity contribution < 1.29 is 19.1 Å². The van der Waals surface area contributed by atoms with E-state index in [9.17, 15) is 14.4 Å². The number of nitrogens with zero attached hydrogens (tertiary/aromatic N) is 1. The van der Waals surface area contributed by atoms with Crippen LogP contribution in [0.1, 0.15) is 22.3 Å². The lowest BCUT2D eigenvalue weighted by atomic mass is 10.1. The van der Waals surface area contributed by atoms with Crippen LogP contribution in [0.5, 0.6) is 5.75 Å². The van der Waals surface area contributed by atoms with E-state index < -0.39 is 17.8 Å². The Kier molecular flexibility index (Phi) is 7.00. The number of ether oxygens (including phenoxy) is 1. The molecule has 3 aromatic carbocycles. The van der Waals surface area contributed by atoms with E-state index in [1.165, 1.54) is 6.08 Å². The monoisotopic (exact) mass is 582 g/mol. The highest BCUT2D eigenvalue weighted by atomic mass is 79.9. The van der Waals surface area contributed by atoms with Crippen LogP contribution in [0.2, 0.25) is 0 Å². The van der Waals surface area contributed by atoms with Crippen LogP contribution in [0.4, 0.5) is 10.5 Å². The van der Waals surface area contributed by atoms with Gasteiger partial charge in [0.2, 0.25) is 0 Å². The van der Waals surface area contributed by atoms with Gasteiger partial charge in [-0.1, -0.05) is 40.2 Å². The van der Waals surface area contributed by atoms with Gasteiger partial charge in [0.15, 0.2) is 0 Å². The zero-order chi connectivity index (χ0) is 24.4. The molecule has 34 heavy (non-hydrogen) atoms. The number of anilines is 1.